The van der Waals surface area contributed by atoms with Gasteiger partial charge in [-0.1, -0.05) is 48.0 Å². The van der Waals surface area contributed by atoms with E-state index in [0.717, 1.165) is 38.5 Å². The number of rotatable bonds is 5. The molecule has 1 fully saturated rings. The van der Waals surface area contributed by atoms with E-state index >= 15 is 0 Å². The van der Waals surface area contributed by atoms with Crippen LogP contribution in [-0.2, 0) is 6.54 Å². The predicted molar refractivity (Wildman–Crippen MR) is 115 cm³/mol. The minimum atomic E-state index is -0.299. The van der Waals surface area contributed by atoms with Crippen LogP contribution in [0.1, 0.15) is 5.56 Å². The average molecular weight is 411 g/mol. The molecule has 6 nitrogen and oxygen atoms in total. The van der Waals surface area contributed by atoms with Gasteiger partial charge in [0, 0.05) is 38.3 Å². The lowest BCUT2D eigenvalue weighted by Crippen LogP contribution is -2.46. The van der Waals surface area contributed by atoms with E-state index < -0.39 is 0 Å². The summed E-state index contributed by atoms with van der Waals surface area (Å²) in [5, 5.41) is 4.55. The third kappa shape index (κ3) is 4.13. The van der Waals surface area contributed by atoms with Gasteiger partial charge in [-0.2, -0.15) is 9.78 Å². The van der Waals surface area contributed by atoms with Crippen molar-refractivity contribution >= 4 is 17.3 Å². The zero-order valence-electron chi connectivity index (χ0n) is 16.3. The van der Waals surface area contributed by atoms with Gasteiger partial charge in [0.15, 0.2) is 0 Å². The summed E-state index contributed by atoms with van der Waals surface area (Å²) in [6.45, 7) is 4.14. The number of piperazine rings is 1. The van der Waals surface area contributed by atoms with Gasteiger partial charge < -0.3 is 9.64 Å². The van der Waals surface area contributed by atoms with E-state index in [4.69, 9.17) is 16.3 Å². The highest BCUT2D eigenvalue weighted by atomic mass is 35.5. The molecule has 2 heterocycles. The Kier molecular flexibility index (Phi) is 5.83. The van der Waals surface area contributed by atoms with Crippen molar-refractivity contribution in [3.05, 3.63) is 81.7 Å². The number of benzene rings is 2. The van der Waals surface area contributed by atoms with Gasteiger partial charge in [0.2, 0.25) is 0 Å². The number of hydrogen-bond acceptors (Lipinski definition) is 5. The van der Waals surface area contributed by atoms with Crippen molar-refractivity contribution in [2.45, 2.75) is 6.54 Å². The molecule has 150 valence electrons. The molecule has 7 heteroatoms. The van der Waals surface area contributed by atoms with Gasteiger partial charge in [-0.15, -0.1) is 0 Å². The smallest absolute Gasteiger partial charge is 0.292 e. The van der Waals surface area contributed by atoms with E-state index in [1.54, 1.807) is 13.3 Å². The minimum Gasteiger partial charge on any atom is -0.496 e. The molecule has 3 aromatic rings. The van der Waals surface area contributed by atoms with Crippen LogP contribution >= 0.6 is 11.6 Å². The zero-order chi connectivity index (χ0) is 20.2. The quantitative estimate of drug-likeness (QED) is 0.646. The molecule has 0 unspecified atom stereocenters. The van der Waals surface area contributed by atoms with Gasteiger partial charge in [-0.25, -0.2) is 0 Å². The van der Waals surface area contributed by atoms with E-state index in [2.05, 4.69) is 21.0 Å². The van der Waals surface area contributed by atoms with Crippen molar-refractivity contribution in [1.29, 1.82) is 0 Å². The van der Waals surface area contributed by atoms with Crippen LogP contribution in [0.2, 0.25) is 5.02 Å². The number of para-hydroxylation sites is 2. The molecule has 1 aromatic heterocycles. The summed E-state index contributed by atoms with van der Waals surface area (Å²) in [6, 6.07) is 17.4. The second-order valence-corrected chi connectivity index (χ2v) is 7.35. The highest BCUT2D eigenvalue weighted by Gasteiger charge is 2.22. The van der Waals surface area contributed by atoms with Crippen LogP contribution < -0.4 is 15.2 Å². The summed E-state index contributed by atoms with van der Waals surface area (Å²) >= 11 is 6.44. The van der Waals surface area contributed by atoms with Crippen molar-refractivity contribution in [1.82, 2.24) is 14.7 Å². The SMILES string of the molecule is COc1ccccc1CN1CCN(c2cnn(-c3ccccc3)c(=O)c2Cl)CC1. The molecular weight excluding hydrogens is 388 g/mol. The molecule has 0 bridgehead atoms. The number of nitrogens with zero attached hydrogens (tertiary/aromatic N) is 4. The van der Waals surface area contributed by atoms with E-state index in [1.165, 1.54) is 10.2 Å². The second-order valence-electron chi connectivity index (χ2n) is 6.97. The molecule has 1 aliphatic rings. The van der Waals surface area contributed by atoms with Gasteiger partial charge >= 0.3 is 0 Å². The molecule has 0 saturated carbocycles. The number of aromatic nitrogens is 2. The van der Waals surface area contributed by atoms with Gasteiger partial charge in [0.25, 0.3) is 5.56 Å². The number of methoxy groups -OCH3 is 1. The zero-order valence-corrected chi connectivity index (χ0v) is 17.0. The fourth-order valence-corrected chi connectivity index (χ4v) is 3.87. The Bertz CT molecular complexity index is 1030. The Hall–Kier alpha value is -2.83. The van der Waals surface area contributed by atoms with Crippen molar-refractivity contribution in [3.8, 4) is 11.4 Å². The summed E-state index contributed by atoms with van der Waals surface area (Å²) in [7, 11) is 1.70. The Morgan fingerprint density at radius 2 is 1.69 bits per heavy atom. The van der Waals surface area contributed by atoms with E-state index in [-0.39, 0.29) is 10.6 Å². The lowest BCUT2D eigenvalue weighted by atomic mass is 10.1. The van der Waals surface area contributed by atoms with Crippen molar-refractivity contribution in [2.24, 2.45) is 0 Å². The van der Waals surface area contributed by atoms with Crippen LogP contribution in [-0.4, -0.2) is 48.0 Å². The molecule has 1 aliphatic heterocycles. The summed E-state index contributed by atoms with van der Waals surface area (Å²) in [6.07, 6.45) is 1.69. The normalized spacial score (nSPS) is 14.8. The fraction of sp³-hybridized carbons (Fsp3) is 0.273. The summed E-state index contributed by atoms with van der Waals surface area (Å²) in [5.74, 6) is 0.909. The maximum absolute atomic E-state index is 12.7. The number of hydrogen-bond donors (Lipinski definition) is 0. The first-order valence-corrected chi connectivity index (χ1v) is 9.97. The lowest BCUT2D eigenvalue weighted by Gasteiger charge is -2.36. The molecule has 4 rings (SSSR count). The molecular formula is C22H23ClN4O2. The number of halogens is 1. The highest BCUT2D eigenvalue weighted by Crippen LogP contribution is 2.24. The van der Waals surface area contributed by atoms with Gasteiger partial charge in [0.1, 0.15) is 10.8 Å². The van der Waals surface area contributed by atoms with Crippen molar-refractivity contribution < 1.29 is 4.74 Å². The number of ether oxygens (including phenoxy) is 1. The Morgan fingerprint density at radius 3 is 2.41 bits per heavy atom. The first kappa shape index (κ1) is 19.5. The summed E-state index contributed by atoms with van der Waals surface area (Å²) in [4.78, 5) is 17.2. The lowest BCUT2D eigenvalue weighted by molar-refractivity contribution is 0.246. The monoisotopic (exact) mass is 410 g/mol. The molecule has 0 spiro atoms. The first-order chi connectivity index (χ1) is 14.2. The summed E-state index contributed by atoms with van der Waals surface area (Å²) in [5.41, 5.74) is 2.27. The van der Waals surface area contributed by atoms with Crippen molar-refractivity contribution in [2.75, 3.05) is 38.2 Å². The molecule has 2 aromatic carbocycles. The third-order valence-corrected chi connectivity index (χ3v) is 5.56. The maximum Gasteiger partial charge on any atom is 0.292 e. The minimum absolute atomic E-state index is 0.210. The van der Waals surface area contributed by atoms with Crippen LogP contribution in [0.4, 0.5) is 5.69 Å². The molecule has 0 N–H and O–H groups in total. The van der Waals surface area contributed by atoms with Gasteiger partial charge in [-0.3, -0.25) is 9.69 Å². The van der Waals surface area contributed by atoms with Crippen LogP contribution in [0.25, 0.3) is 5.69 Å². The molecule has 0 amide bonds. The van der Waals surface area contributed by atoms with Gasteiger partial charge in [-0.05, 0) is 18.2 Å². The van der Waals surface area contributed by atoms with E-state index in [0.29, 0.717) is 11.4 Å². The largest absolute Gasteiger partial charge is 0.496 e. The average Bonchev–Trinajstić information content (AvgIpc) is 2.77. The molecule has 0 radical (unpaired) electrons. The van der Waals surface area contributed by atoms with Crippen LogP contribution in [0, 0.1) is 0 Å². The highest BCUT2D eigenvalue weighted by molar-refractivity contribution is 6.33. The third-order valence-electron chi connectivity index (χ3n) is 5.20. The molecule has 29 heavy (non-hydrogen) atoms. The summed E-state index contributed by atoms with van der Waals surface area (Å²) < 4.78 is 6.79. The predicted octanol–water partition coefficient (Wildman–Crippen LogP) is 3.22. The maximum atomic E-state index is 12.7. The standard InChI is InChI=1S/C22H23ClN4O2/c1-29-20-10-6-5-7-17(20)16-25-11-13-26(14-12-25)19-15-24-27(22(28)21(19)23)18-8-3-2-4-9-18/h2-10,15H,11-14,16H2,1H3. The molecule has 1 saturated heterocycles. The van der Waals surface area contributed by atoms with Crippen LogP contribution in [0.15, 0.2) is 65.6 Å². The number of anilines is 1. The van der Waals surface area contributed by atoms with Crippen molar-refractivity contribution in [3.63, 3.8) is 0 Å². The van der Waals surface area contributed by atoms with E-state index in [1.807, 2.05) is 48.5 Å². The second kappa shape index (κ2) is 8.68. The van der Waals surface area contributed by atoms with Crippen LogP contribution in [0.5, 0.6) is 5.75 Å². The van der Waals surface area contributed by atoms with Crippen LogP contribution in [0.3, 0.4) is 0 Å². The topological polar surface area (TPSA) is 50.6 Å². The first-order valence-electron chi connectivity index (χ1n) is 9.60. The van der Waals surface area contributed by atoms with Gasteiger partial charge in [0.05, 0.1) is 24.7 Å². The fourth-order valence-electron chi connectivity index (χ4n) is 3.62. The Labute approximate surface area is 174 Å². The van der Waals surface area contributed by atoms with E-state index in [9.17, 15) is 4.79 Å². The Balaban J connectivity index is 1.46. The Morgan fingerprint density at radius 1 is 1.00 bits per heavy atom. The molecule has 0 atom stereocenters. The molecule has 0 aliphatic carbocycles.